The Balaban J connectivity index is 1.68. The van der Waals surface area contributed by atoms with Crippen molar-refractivity contribution in [1.29, 1.82) is 0 Å². The van der Waals surface area contributed by atoms with Crippen LogP contribution in [0.15, 0.2) is 18.3 Å². The third kappa shape index (κ3) is 3.47. The van der Waals surface area contributed by atoms with Crippen LogP contribution in [-0.2, 0) is 7.05 Å². The number of rotatable bonds is 4. The Morgan fingerprint density at radius 2 is 2.17 bits per heavy atom. The zero-order chi connectivity index (χ0) is 17.1. The fourth-order valence-corrected chi connectivity index (χ4v) is 2.78. The molecule has 0 saturated carbocycles. The van der Waals surface area contributed by atoms with Crippen LogP contribution in [0.1, 0.15) is 28.9 Å². The molecule has 24 heavy (non-hydrogen) atoms. The van der Waals surface area contributed by atoms with Gasteiger partial charge in [0.05, 0.1) is 19.3 Å². The Morgan fingerprint density at radius 1 is 1.33 bits per heavy atom. The van der Waals surface area contributed by atoms with Crippen LogP contribution in [0.5, 0.6) is 11.8 Å². The molecule has 3 rings (SSSR count). The minimum absolute atomic E-state index is 0.0942. The minimum Gasteiger partial charge on any atom is -0.479 e. The van der Waals surface area contributed by atoms with Gasteiger partial charge in [-0.3, -0.25) is 9.48 Å². The Bertz CT molecular complexity index is 713. The summed E-state index contributed by atoms with van der Waals surface area (Å²) in [7, 11) is 3.27. The molecule has 128 valence electrons. The first-order chi connectivity index (χ1) is 11.6. The predicted molar refractivity (Wildman–Crippen MR) is 86.1 cm³/mol. The van der Waals surface area contributed by atoms with Crippen molar-refractivity contribution < 1.29 is 14.3 Å². The number of carbonyl (C=O) groups is 1. The van der Waals surface area contributed by atoms with Gasteiger partial charge in [0, 0.05) is 25.9 Å². The maximum absolute atomic E-state index is 12.7. The van der Waals surface area contributed by atoms with Crippen LogP contribution in [0, 0.1) is 6.92 Å². The fraction of sp³-hybridized carbons (Fsp3) is 0.500. The van der Waals surface area contributed by atoms with Crippen LogP contribution in [0.4, 0.5) is 0 Å². The number of aryl methyl sites for hydroxylation is 2. The van der Waals surface area contributed by atoms with E-state index in [0.717, 1.165) is 18.5 Å². The number of hydrogen-bond acceptors (Lipinski definition) is 6. The van der Waals surface area contributed by atoms with Crippen LogP contribution in [0.2, 0.25) is 0 Å². The molecule has 1 aliphatic heterocycles. The van der Waals surface area contributed by atoms with Crippen molar-refractivity contribution in [2.24, 2.45) is 7.05 Å². The van der Waals surface area contributed by atoms with E-state index in [2.05, 4.69) is 15.3 Å². The summed E-state index contributed by atoms with van der Waals surface area (Å²) in [6.07, 6.45) is 3.33. The quantitative estimate of drug-likeness (QED) is 0.837. The second kappa shape index (κ2) is 6.86. The molecule has 3 heterocycles. The Kier molecular flexibility index (Phi) is 4.64. The number of nitrogens with zero attached hydrogens (tertiary/aromatic N) is 5. The lowest BCUT2D eigenvalue weighted by Crippen LogP contribution is -2.44. The molecule has 1 aliphatic rings. The first-order valence-electron chi connectivity index (χ1n) is 7.90. The summed E-state index contributed by atoms with van der Waals surface area (Å²) >= 11 is 0. The maximum Gasteiger partial charge on any atom is 0.261 e. The molecule has 0 spiro atoms. The fourth-order valence-electron chi connectivity index (χ4n) is 2.78. The standard InChI is InChI=1S/C16H21N5O3/c1-11-6-7-14(18-17-11)24-12-5-4-8-21(9-12)16(22)13-10-20(2)19-15(13)23-3/h6-7,10,12H,4-5,8-9H2,1-3H3/t12-/m0/s1. The number of aromatic nitrogens is 4. The third-order valence-corrected chi connectivity index (χ3v) is 3.94. The summed E-state index contributed by atoms with van der Waals surface area (Å²) in [6, 6.07) is 3.65. The van der Waals surface area contributed by atoms with Crippen LogP contribution >= 0.6 is 0 Å². The van der Waals surface area contributed by atoms with Gasteiger partial charge >= 0.3 is 0 Å². The molecule has 0 aliphatic carbocycles. The second-order valence-corrected chi connectivity index (χ2v) is 5.87. The van der Waals surface area contributed by atoms with E-state index in [1.54, 1.807) is 28.9 Å². The molecular formula is C16H21N5O3. The number of carbonyl (C=O) groups excluding carboxylic acids is 1. The smallest absolute Gasteiger partial charge is 0.261 e. The summed E-state index contributed by atoms with van der Waals surface area (Å²) < 4.78 is 12.6. The van der Waals surface area contributed by atoms with Crippen LogP contribution in [-0.4, -0.2) is 57.1 Å². The van der Waals surface area contributed by atoms with Gasteiger partial charge in [0.15, 0.2) is 0 Å². The predicted octanol–water partition coefficient (Wildman–Crippen LogP) is 1.21. The molecule has 8 nitrogen and oxygen atoms in total. The summed E-state index contributed by atoms with van der Waals surface area (Å²) in [5, 5.41) is 12.1. The van der Waals surface area contributed by atoms with E-state index in [4.69, 9.17) is 9.47 Å². The first-order valence-corrected chi connectivity index (χ1v) is 7.90. The summed E-state index contributed by atoms with van der Waals surface area (Å²) in [5.74, 6) is 0.733. The van der Waals surface area contributed by atoms with Crippen molar-refractivity contribution >= 4 is 5.91 Å². The average molecular weight is 331 g/mol. The van der Waals surface area contributed by atoms with Crippen molar-refractivity contribution in [2.45, 2.75) is 25.9 Å². The number of likely N-dealkylation sites (tertiary alicyclic amines) is 1. The van der Waals surface area contributed by atoms with Gasteiger partial charge in [-0.2, -0.15) is 5.10 Å². The van der Waals surface area contributed by atoms with E-state index in [-0.39, 0.29) is 12.0 Å². The molecule has 0 radical (unpaired) electrons. The van der Waals surface area contributed by atoms with E-state index < -0.39 is 0 Å². The van der Waals surface area contributed by atoms with Gasteiger partial charge in [0.25, 0.3) is 5.91 Å². The minimum atomic E-state index is -0.0950. The monoisotopic (exact) mass is 331 g/mol. The molecule has 0 N–H and O–H groups in total. The molecule has 2 aromatic heterocycles. The third-order valence-electron chi connectivity index (χ3n) is 3.94. The second-order valence-electron chi connectivity index (χ2n) is 5.87. The van der Waals surface area contributed by atoms with Gasteiger partial charge in [0.1, 0.15) is 11.7 Å². The van der Waals surface area contributed by atoms with Crippen molar-refractivity contribution in [3.63, 3.8) is 0 Å². The summed E-state index contributed by atoms with van der Waals surface area (Å²) in [5.41, 5.74) is 1.31. The van der Waals surface area contributed by atoms with Gasteiger partial charge < -0.3 is 14.4 Å². The lowest BCUT2D eigenvalue weighted by molar-refractivity contribution is 0.0522. The van der Waals surface area contributed by atoms with E-state index >= 15 is 0 Å². The molecule has 2 aromatic rings. The van der Waals surface area contributed by atoms with Crippen LogP contribution < -0.4 is 9.47 Å². The highest BCUT2D eigenvalue weighted by molar-refractivity contribution is 5.96. The lowest BCUT2D eigenvalue weighted by Gasteiger charge is -2.32. The zero-order valence-corrected chi connectivity index (χ0v) is 14.1. The SMILES string of the molecule is COc1nn(C)cc1C(=O)N1CCC[C@H](Oc2ccc(C)nn2)C1. The summed E-state index contributed by atoms with van der Waals surface area (Å²) in [6.45, 7) is 3.07. The highest BCUT2D eigenvalue weighted by atomic mass is 16.5. The number of ether oxygens (including phenoxy) is 2. The van der Waals surface area contributed by atoms with Gasteiger partial charge in [-0.25, -0.2) is 0 Å². The van der Waals surface area contributed by atoms with Gasteiger partial charge in [-0.15, -0.1) is 10.2 Å². The molecule has 0 aromatic carbocycles. The maximum atomic E-state index is 12.7. The molecule has 8 heteroatoms. The molecule has 0 unspecified atom stereocenters. The molecule has 1 amide bonds. The Labute approximate surface area is 140 Å². The van der Waals surface area contributed by atoms with E-state index in [9.17, 15) is 4.79 Å². The Hall–Kier alpha value is -2.64. The van der Waals surface area contributed by atoms with Gasteiger partial charge in [-0.05, 0) is 25.8 Å². The van der Waals surface area contributed by atoms with Crippen molar-refractivity contribution in [3.8, 4) is 11.8 Å². The normalized spacial score (nSPS) is 17.6. The highest BCUT2D eigenvalue weighted by Gasteiger charge is 2.28. The largest absolute Gasteiger partial charge is 0.479 e. The number of hydrogen-bond donors (Lipinski definition) is 0. The first kappa shape index (κ1) is 16.2. The van der Waals surface area contributed by atoms with E-state index in [1.807, 2.05) is 13.0 Å². The molecule has 0 bridgehead atoms. The average Bonchev–Trinajstić information content (AvgIpc) is 2.97. The molecule has 1 fully saturated rings. The van der Waals surface area contributed by atoms with Crippen LogP contribution in [0.25, 0.3) is 0 Å². The number of amides is 1. The van der Waals surface area contributed by atoms with Crippen LogP contribution in [0.3, 0.4) is 0 Å². The number of piperidine rings is 1. The number of methoxy groups -OCH3 is 1. The molecule has 1 saturated heterocycles. The van der Waals surface area contributed by atoms with E-state index in [1.165, 1.54) is 7.11 Å². The van der Waals surface area contributed by atoms with Crippen molar-refractivity contribution in [3.05, 3.63) is 29.6 Å². The van der Waals surface area contributed by atoms with Crippen molar-refractivity contribution in [1.82, 2.24) is 24.9 Å². The highest BCUT2D eigenvalue weighted by Crippen LogP contribution is 2.22. The van der Waals surface area contributed by atoms with Crippen molar-refractivity contribution in [2.75, 3.05) is 20.2 Å². The lowest BCUT2D eigenvalue weighted by atomic mass is 10.1. The van der Waals surface area contributed by atoms with Gasteiger partial charge in [-0.1, -0.05) is 0 Å². The molecular weight excluding hydrogens is 310 g/mol. The Morgan fingerprint density at radius 3 is 2.88 bits per heavy atom. The zero-order valence-electron chi connectivity index (χ0n) is 14.1. The van der Waals surface area contributed by atoms with Gasteiger partial charge in [0.2, 0.25) is 11.8 Å². The summed E-state index contributed by atoms with van der Waals surface area (Å²) in [4.78, 5) is 14.5. The topological polar surface area (TPSA) is 82.4 Å². The van der Waals surface area contributed by atoms with E-state index in [0.29, 0.717) is 30.4 Å². The molecule has 1 atom stereocenters.